The number of nitrogens with zero attached hydrogens (tertiary/aromatic N) is 3. The van der Waals surface area contributed by atoms with E-state index in [1.807, 2.05) is 39.8 Å². The number of aryl methyl sites for hydroxylation is 3. The second-order valence-electron chi connectivity index (χ2n) is 5.40. The molecule has 0 saturated heterocycles. The highest BCUT2D eigenvalue weighted by molar-refractivity contribution is 5.76. The molecule has 1 amide bonds. The predicted octanol–water partition coefficient (Wildman–Crippen LogP) is 1.44. The van der Waals surface area contributed by atoms with E-state index in [4.69, 9.17) is 0 Å². The smallest absolute Gasteiger partial charge is 0.267 e. The fraction of sp³-hybridized carbons (Fsp3) is 0.375. The maximum absolute atomic E-state index is 12.1. The first-order valence-corrected chi connectivity index (χ1v) is 7.14. The Bertz CT molecular complexity index is 752. The molecule has 1 N–H and O–H groups in total. The van der Waals surface area contributed by atoms with E-state index >= 15 is 0 Å². The largest absolute Gasteiger partial charge is 0.346 e. The molecule has 0 aliphatic rings. The van der Waals surface area contributed by atoms with E-state index in [-0.39, 0.29) is 24.1 Å². The number of hydrogen-bond acceptors (Lipinski definition) is 4. The number of hydrogen-bond donors (Lipinski definition) is 1. The Morgan fingerprint density at radius 1 is 1.32 bits per heavy atom. The minimum Gasteiger partial charge on any atom is -0.346 e. The molecule has 0 fully saturated rings. The zero-order chi connectivity index (χ0) is 16.3. The minimum absolute atomic E-state index is 0.101. The van der Waals surface area contributed by atoms with E-state index in [0.29, 0.717) is 0 Å². The lowest BCUT2D eigenvalue weighted by atomic mass is 10.1. The number of nitrogens with one attached hydrogen (secondary N) is 1. The molecule has 0 aromatic carbocycles. The van der Waals surface area contributed by atoms with Crippen molar-refractivity contribution in [3.8, 4) is 0 Å². The van der Waals surface area contributed by atoms with Crippen molar-refractivity contribution in [3.63, 3.8) is 0 Å². The topological polar surface area (TPSA) is 76.9 Å². The first-order valence-electron chi connectivity index (χ1n) is 7.14. The first-order chi connectivity index (χ1) is 10.4. The van der Waals surface area contributed by atoms with Crippen LogP contribution in [-0.4, -0.2) is 20.7 Å². The van der Waals surface area contributed by atoms with Gasteiger partial charge >= 0.3 is 0 Å². The van der Waals surface area contributed by atoms with Crippen molar-refractivity contribution in [2.45, 2.75) is 40.3 Å². The summed E-state index contributed by atoms with van der Waals surface area (Å²) in [5, 5.41) is 6.98. The van der Waals surface area contributed by atoms with Gasteiger partial charge < -0.3 is 5.32 Å². The second-order valence-corrected chi connectivity index (χ2v) is 5.40. The van der Waals surface area contributed by atoms with Gasteiger partial charge in [-0.05, 0) is 44.9 Å². The van der Waals surface area contributed by atoms with Crippen molar-refractivity contribution >= 4 is 5.91 Å². The lowest BCUT2D eigenvalue weighted by molar-refractivity contribution is -0.122. The van der Waals surface area contributed by atoms with Crippen molar-refractivity contribution in [2.24, 2.45) is 0 Å². The summed E-state index contributed by atoms with van der Waals surface area (Å²) in [6.07, 6.45) is 1.69. The molecule has 22 heavy (non-hydrogen) atoms. The first kappa shape index (κ1) is 15.9. The molecular weight excluding hydrogens is 280 g/mol. The van der Waals surface area contributed by atoms with Crippen LogP contribution in [0.15, 0.2) is 29.2 Å². The van der Waals surface area contributed by atoms with Gasteiger partial charge in [-0.1, -0.05) is 6.07 Å². The fourth-order valence-electron chi connectivity index (χ4n) is 2.23. The monoisotopic (exact) mass is 300 g/mol. The molecule has 0 aliphatic heterocycles. The molecule has 2 aromatic heterocycles. The average molecular weight is 300 g/mol. The zero-order valence-electron chi connectivity index (χ0n) is 13.3. The molecule has 0 saturated carbocycles. The number of carbonyl (C=O) groups excluding carboxylic acids is 1. The quantitative estimate of drug-likeness (QED) is 0.927. The number of carbonyl (C=O) groups is 1. The molecule has 0 aliphatic carbocycles. The highest BCUT2D eigenvalue weighted by Gasteiger charge is 2.14. The van der Waals surface area contributed by atoms with E-state index < -0.39 is 0 Å². The van der Waals surface area contributed by atoms with Crippen LogP contribution in [0.1, 0.15) is 35.5 Å². The highest BCUT2D eigenvalue weighted by Crippen LogP contribution is 2.13. The van der Waals surface area contributed by atoms with Gasteiger partial charge in [0.25, 0.3) is 5.56 Å². The van der Waals surface area contributed by atoms with Gasteiger partial charge in [0.05, 0.1) is 17.4 Å². The van der Waals surface area contributed by atoms with E-state index in [9.17, 15) is 9.59 Å². The summed E-state index contributed by atoms with van der Waals surface area (Å²) in [4.78, 5) is 28.2. The summed E-state index contributed by atoms with van der Waals surface area (Å²) in [6, 6.07) is 5.06. The van der Waals surface area contributed by atoms with Crippen LogP contribution < -0.4 is 10.9 Å². The third-order valence-corrected chi connectivity index (χ3v) is 3.57. The van der Waals surface area contributed by atoms with Crippen LogP contribution in [0, 0.1) is 20.8 Å². The molecule has 2 rings (SSSR count). The molecule has 0 radical (unpaired) electrons. The summed E-state index contributed by atoms with van der Waals surface area (Å²) in [6.45, 7) is 7.34. The van der Waals surface area contributed by atoms with E-state index in [0.717, 1.165) is 22.5 Å². The fourth-order valence-corrected chi connectivity index (χ4v) is 2.23. The van der Waals surface area contributed by atoms with Gasteiger partial charge in [-0.3, -0.25) is 14.6 Å². The van der Waals surface area contributed by atoms with Crippen LogP contribution in [0.4, 0.5) is 0 Å². The standard InChI is InChI=1S/C16H20N4O2/c1-10-6-5-7-17-16(10)13(4)18-14(21)9-20-15(22)8-11(2)12(3)19-20/h5-8,13H,9H2,1-4H3,(H,18,21)/t13-/m0/s1. The normalized spacial score (nSPS) is 12.0. The number of pyridine rings is 1. The van der Waals surface area contributed by atoms with E-state index in [1.165, 1.54) is 10.7 Å². The van der Waals surface area contributed by atoms with Gasteiger partial charge in [0, 0.05) is 12.3 Å². The summed E-state index contributed by atoms with van der Waals surface area (Å²) in [5.74, 6) is -0.268. The molecule has 116 valence electrons. The Morgan fingerprint density at radius 2 is 2.05 bits per heavy atom. The Morgan fingerprint density at radius 3 is 2.73 bits per heavy atom. The zero-order valence-corrected chi connectivity index (χ0v) is 13.3. The van der Waals surface area contributed by atoms with Crippen molar-refractivity contribution in [1.82, 2.24) is 20.1 Å². The van der Waals surface area contributed by atoms with Crippen molar-refractivity contribution in [1.29, 1.82) is 0 Å². The van der Waals surface area contributed by atoms with Gasteiger partial charge in [-0.25, -0.2) is 4.68 Å². The second kappa shape index (κ2) is 6.51. The van der Waals surface area contributed by atoms with Gasteiger partial charge in [0.2, 0.25) is 5.91 Å². The lowest BCUT2D eigenvalue weighted by Gasteiger charge is -2.15. The van der Waals surface area contributed by atoms with Gasteiger partial charge in [-0.15, -0.1) is 0 Å². The molecule has 0 bridgehead atoms. The molecule has 0 unspecified atom stereocenters. The third kappa shape index (κ3) is 3.58. The third-order valence-electron chi connectivity index (χ3n) is 3.57. The maximum atomic E-state index is 12.1. The lowest BCUT2D eigenvalue weighted by Crippen LogP contribution is -2.35. The van der Waals surface area contributed by atoms with Crippen molar-refractivity contribution in [2.75, 3.05) is 0 Å². The summed E-state index contributed by atoms with van der Waals surface area (Å²) >= 11 is 0. The van der Waals surface area contributed by atoms with Crippen LogP contribution in [0.5, 0.6) is 0 Å². The van der Waals surface area contributed by atoms with Gasteiger partial charge in [-0.2, -0.15) is 5.10 Å². The molecule has 2 aromatic rings. The van der Waals surface area contributed by atoms with Crippen LogP contribution in [0.3, 0.4) is 0 Å². The van der Waals surface area contributed by atoms with Gasteiger partial charge in [0.15, 0.2) is 0 Å². The highest BCUT2D eigenvalue weighted by atomic mass is 16.2. The van der Waals surface area contributed by atoms with E-state index in [1.54, 1.807) is 6.20 Å². The van der Waals surface area contributed by atoms with Crippen molar-refractivity contribution < 1.29 is 4.79 Å². The molecule has 1 atom stereocenters. The molecule has 6 heteroatoms. The predicted molar refractivity (Wildman–Crippen MR) is 83.5 cm³/mol. The minimum atomic E-state index is -0.278. The molecule has 2 heterocycles. The van der Waals surface area contributed by atoms with Crippen LogP contribution in [0.25, 0.3) is 0 Å². The van der Waals surface area contributed by atoms with E-state index in [2.05, 4.69) is 15.4 Å². The van der Waals surface area contributed by atoms with Gasteiger partial charge in [0.1, 0.15) is 6.54 Å². The Kier molecular flexibility index (Phi) is 4.70. The molecule has 0 spiro atoms. The number of aromatic nitrogens is 3. The summed E-state index contributed by atoms with van der Waals surface area (Å²) < 4.78 is 1.18. The Labute approximate surface area is 129 Å². The van der Waals surface area contributed by atoms with Crippen LogP contribution in [0.2, 0.25) is 0 Å². The molecule has 6 nitrogen and oxygen atoms in total. The summed E-state index contributed by atoms with van der Waals surface area (Å²) in [5.41, 5.74) is 3.10. The Hall–Kier alpha value is -2.50. The average Bonchev–Trinajstić information content (AvgIpc) is 2.45. The SMILES string of the molecule is Cc1cc(=O)n(CC(=O)N[C@@H](C)c2ncccc2C)nc1C. The number of rotatable bonds is 4. The van der Waals surface area contributed by atoms with Crippen LogP contribution >= 0.6 is 0 Å². The Balaban J connectivity index is 2.09. The van der Waals surface area contributed by atoms with Crippen molar-refractivity contribution in [3.05, 3.63) is 57.3 Å². The van der Waals surface area contributed by atoms with Crippen LogP contribution in [-0.2, 0) is 11.3 Å². The summed E-state index contributed by atoms with van der Waals surface area (Å²) in [7, 11) is 0. The number of amides is 1. The molecular formula is C16H20N4O2. The maximum Gasteiger partial charge on any atom is 0.267 e.